The Morgan fingerprint density at radius 2 is 2.08 bits per heavy atom. The van der Waals surface area contributed by atoms with Crippen molar-refractivity contribution in [3.63, 3.8) is 0 Å². The monoisotopic (exact) mass is 171 g/mol. The fourth-order valence-electron chi connectivity index (χ4n) is 1.44. The molecule has 0 spiro atoms. The molecule has 0 radical (unpaired) electrons. The van der Waals surface area contributed by atoms with Crippen molar-refractivity contribution < 1.29 is 5.11 Å². The van der Waals surface area contributed by atoms with Gasteiger partial charge in [0.25, 0.3) is 0 Å². The number of rotatable bonds is 5. The topological polar surface area (TPSA) is 32.3 Å². The standard InChI is InChI=1S/C10H21NO/c1-8(9-4-5-9)6-11-7-10(2,3)12/h8-9,11-12H,4-7H2,1-3H3. The van der Waals surface area contributed by atoms with Crippen LogP contribution in [0.25, 0.3) is 0 Å². The van der Waals surface area contributed by atoms with Crippen LogP contribution in [0.1, 0.15) is 33.6 Å². The summed E-state index contributed by atoms with van der Waals surface area (Å²) >= 11 is 0. The normalized spacial score (nSPS) is 21.0. The smallest absolute Gasteiger partial charge is 0.0715 e. The molecule has 0 aromatic heterocycles. The minimum Gasteiger partial charge on any atom is -0.389 e. The van der Waals surface area contributed by atoms with Crippen molar-refractivity contribution in [1.29, 1.82) is 0 Å². The van der Waals surface area contributed by atoms with Gasteiger partial charge in [0.1, 0.15) is 0 Å². The number of aliphatic hydroxyl groups is 1. The fourth-order valence-corrected chi connectivity index (χ4v) is 1.44. The minimum atomic E-state index is -0.566. The Hall–Kier alpha value is -0.0800. The third-order valence-electron chi connectivity index (χ3n) is 2.45. The van der Waals surface area contributed by atoms with E-state index in [2.05, 4.69) is 12.2 Å². The molecule has 1 rings (SSSR count). The molecule has 1 aliphatic rings. The summed E-state index contributed by atoms with van der Waals surface area (Å²) in [7, 11) is 0. The predicted octanol–water partition coefficient (Wildman–Crippen LogP) is 1.39. The van der Waals surface area contributed by atoms with Crippen LogP contribution in [0.15, 0.2) is 0 Å². The second-order valence-corrected chi connectivity index (χ2v) is 4.76. The van der Waals surface area contributed by atoms with Crippen LogP contribution in [0.3, 0.4) is 0 Å². The summed E-state index contributed by atoms with van der Waals surface area (Å²) in [6.45, 7) is 7.71. The average Bonchev–Trinajstić information content (AvgIpc) is 2.64. The maximum atomic E-state index is 9.42. The Bertz CT molecular complexity index is 135. The number of hydrogen-bond donors (Lipinski definition) is 2. The highest BCUT2D eigenvalue weighted by molar-refractivity contribution is 4.80. The Morgan fingerprint density at radius 3 is 2.50 bits per heavy atom. The Kier molecular flexibility index (Phi) is 3.13. The zero-order chi connectivity index (χ0) is 9.19. The van der Waals surface area contributed by atoms with Gasteiger partial charge in [-0.1, -0.05) is 6.92 Å². The van der Waals surface area contributed by atoms with Gasteiger partial charge in [-0.05, 0) is 45.1 Å². The van der Waals surface area contributed by atoms with Crippen LogP contribution in [-0.4, -0.2) is 23.8 Å². The molecule has 0 bridgehead atoms. The van der Waals surface area contributed by atoms with Crippen molar-refractivity contribution in [2.45, 2.75) is 39.2 Å². The minimum absolute atomic E-state index is 0.566. The number of nitrogens with one attached hydrogen (secondary N) is 1. The van der Waals surface area contributed by atoms with Gasteiger partial charge in [-0.3, -0.25) is 0 Å². The van der Waals surface area contributed by atoms with E-state index in [4.69, 9.17) is 0 Å². The Balaban J connectivity index is 2.01. The highest BCUT2D eigenvalue weighted by Crippen LogP contribution is 2.36. The molecule has 0 aromatic carbocycles. The van der Waals surface area contributed by atoms with Gasteiger partial charge < -0.3 is 10.4 Å². The summed E-state index contributed by atoms with van der Waals surface area (Å²) in [4.78, 5) is 0. The van der Waals surface area contributed by atoms with Crippen LogP contribution < -0.4 is 5.32 Å². The summed E-state index contributed by atoms with van der Waals surface area (Å²) in [6, 6.07) is 0. The highest BCUT2D eigenvalue weighted by Gasteiger charge is 2.27. The molecular formula is C10H21NO. The fraction of sp³-hybridized carbons (Fsp3) is 1.00. The molecule has 1 atom stereocenters. The largest absolute Gasteiger partial charge is 0.389 e. The second-order valence-electron chi connectivity index (χ2n) is 4.76. The summed E-state index contributed by atoms with van der Waals surface area (Å²) in [5.41, 5.74) is -0.566. The van der Waals surface area contributed by atoms with Gasteiger partial charge in [-0.15, -0.1) is 0 Å². The van der Waals surface area contributed by atoms with E-state index < -0.39 is 5.60 Å². The summed E-state index contributed by atoms with van der Waals surface area (Å²) < 4.78 is 0. The molecule has 0 saturated heterocycles. The quantitative estimate of drug-likeness (QED) is 0.655. The van der Waals surface area contributed by atoms with E-state index in [1.165, 1.54) is 12.8 Å². The molecule has 2 nitrogen and oxygen atoms in total. The van der Waals surface area contributed by atoms with E-state index in [-0.39, 0.29) is 0 Å². The molecule has 1 aliphatic carbocycles. The molecule has 0 heterocycles. The van der Waals surface area contributed by atoms with E-state index in [1.54, 1.807) is 0 Å². The average molecular weight is 171 g/mol. The first-order chi connectivity index (χ1) is 5.49. The molecule has 1 saturated carbocycles. The first kappa shape index (κ1) is 10.0. The summed E-state index contributed by atoms with van der Waals surface area (Å²) in [6.07, 6.45) is 2.82. The third kappa shape index (κ3) is 4.07. The van der Waals surface area contributed by atoms with E-state index in [1.807, 2.05) is 13.8 Å². The van der Waals surface area contributed by atoms with Crippen LogP contribution in [0.4, 0.5) is 0 Å². The van der Waals surface area contributed by atoms with Gasteiger partial charge in [-0.2, -0.15) is 0 Å². The number of hydrogen-bond acceptors (Lipinski definition) is 2. The third-order valence-corrected chi connectivity index (χ3v) is 2.45. The van der Waals surface area contributed by atoms with E-state index in [9.17, 15) is 5.11 Å². The molecule has 0 aliphatic heterocycles. The summed E-state index contributed by atoms with van der Waals surface area (Å²) in [5, 5.41) is 12.7. The van der Waals surface area contributed by atoms with E-state index in [0.29, 0.717) is 6.54 Å². The molecule has 12 heavy (non-hydrogen) atoms. The van der Waals surface area contributed by atoms with Crippen LogP contribution in [0.2, 0.25) is 0 Å². The first-order valence-electron chi connectivity index (χ1n) is 4.92. The maximum Gasteiger partial charge on any atom is 0.0715 e. The second kappa shape index (κ2) is 3.75. The lowest BCUT2D eigenvalue weighted by Crippen LogP contribution is -2.37. The first-order valence-corrected chi connectivity index (χ1v) is 4.92. The molecule has 0 aromatic rings. The molecular weight excluding hydrogens is 150 g/mol. The lowest BCUT2D eigenvalue weighted by atomic mass is 10.1. The molecule has 1 fully saturated rings. The van der Waals surface area contributed by atoms with Gasteiger partial charge in [0, 0.05) is 6.54 Å². The SMILES string of the molecule is CC(CNCC(C)(C)O)C1CC1. The Morgan fingerprint density at radius 1 is 1.50 bits per heavy atom. The van der Waals surface area contributed by atoms with Crippen molar-refractivity contribution >= 4 is 0 Å². The molecule has 2 N–H and O–H groups in total. The van der Waals surface area contributed by atoms with Crippen LogP contribution in [-0.2, 0) is 0 Å². The molecule has 2 heteroatoms. The van der Waals surface area contributed by atoms with Crippen molar-refractivity contribution in [3.8, 4) is 0 Å². The van der Waals surface area contributed by atoms with Gasteiger partial charge in [0.2, 0.25) is 0 Å². The van der Waals surface area contributed by atoms with Crippen molar-refractivity contribution in [2.75, 3.05) is 13.1 Å². The lowest BCUT2D eigenvalue weighted by Gasteiger charge is -2.19. The maximum absolute atomic E-state index is 9.42. The van der Waals surface area contributed by atoms with Crippen molar-refractivity contribution in [2.24, 2.45) is 11.8 Å². The Labute approximate surface area is 75.4 Å². The zero-order valence-corrected chi connectivity index (χ0v) is 8.43. The van der Waals surface area contributed by atoms with Gasteiger partial charge >= 0.3 is 0 Å². The predicted molar refractivity (Wildman–Crippen MR) is 51.1 cm³/mol. The molecule has 1 unspecified atom stereocenters. The molecule has 72 valence electrons. The van der Waals surface area contributed by atoms with Crippen LogP contribution >= 0.6 is 0 Å². The lowest BCUT2D eigenvalue weighted by molar-refractivity contribution is 0.0787. The summed E-state index contributed by atoms with van der Waals surface area (Å²) in [5.74, 6) is 1.74. The zero-order valence-electron chi connectivity index (χ0n) is 8.43. The van der Waals surface area contributed by atoms with Gasteiger partial charge in [0.15, 0.2) is 0 Å². The molecule has 0 amide bonds. The van der Waals surface area contributed by atoms with Crippen molar-refractivity contribution in [1.82, 2.24) is 5.32 Å². The van der Waals surface area contributed by atoms with E-state index >= 15 is 0 Å². The van der Waals surface area contributed by atoms with Crippen LogP contribution in [0.5, 0.6) is 0 Å². The van der Waals surface area contributed by atoms with Gasteiger partial charge in [-0.25, -0.2) is 0 Å². The van der Waals surface area contributed by atoms with E-state index in [0.717, 1.165) is 18.4 Å². The van der Waals surface area contributed by atoms with Crippen molar-refractivity contribution in [3.05, 3.63) is 0 Å². The highest BCUT2D eigenvalue weighted by atomic mass is 16.3. The van der Waals surface area contributed by atoms with Crippen LogP contribution in [0, 0.1) is 11.8 Å². The van der Waals surface area contributed by atoms with Gasteiger partial charge in [0.05, 0.1) is 5.60 Å².